The van der Waals surface area contributed by atoms with E-state index in [1.165, 1.54) is 18.5 Å². The molecule has 14 heteroatoms. The lowest BCUT2D eigenvalue weighted by atomic mass is 10.1. The van der Waals surface area contributed by atoms with Crippen molar-refractivity contribution in [2.75, 3.05) is 49.7 Å². The Hall–Kier alpha value is -4.01. The van der Waals surface area contributed by atoms with Gasteiger partial charge in [-0.25, -0.2) is 23.5 Å². The number of primary sulfonamides is 1. The van der Waals surface area contributed by atoms with Crippen LogP contribution in [-0.4, -0.2) is 67.7 Å². The molecule has 200 valence electrons. The second-order valence-electron chi connectivity index (χ2n) is 8.97. The number of piperazine rings is 1. The van der Waals surface area contributed by atoms with Crippen molar-refractivity contribution in [2.45, 2.75) is 17.9 Å². The van der Waals surface area contributed by atoms with Crippen LogP contribution in [0.3, 0.4) is 0 Å². The van der Waals surface area contributed by atoms with Crippen molar-refractivity contribution in [3.8, 4) is 11.5 Å². The zero-order valence-electron chi connectivity index (χ0n) is 20.4. The zero-order chi connectivity index (χ0) is 26.7. The van der Waals surface area contributed by atoms with Crippen LogP contribution in [0, 0.1) is 10.1 Å². The summed E-state index contributed by atoms with van der Waals surface area (Å²) in [5.74, 6) is 1.92. The first kappa shape index (κ1) is 25.6. The molecule has 1 saturated heterocycles. The topological polar surface area (TPSA) is 166 Å². The van der Waals surface area contributed by atoms with E-state index in [1.54, 1.807) is 12.1 Å². The number of anilines is 2. The number of fused-ring (bicyclic) bond motifs is 1. The van der Waals surface area contributed by atoms with E-state index in [1.807, 2.05) is 23.1 Å². The molecule has 3 aromatic rings. The molecule has 13 nitrogen and oxygen atoms in total. The predicted octanol–water partition coefficient (Wildman–Crippen LogP) is 1.74. The van der Waals surface area contributed by atoms with Crippen molar-refractivity contribution < 1.29 is 22.8 Å². The van der Waals surface area contributed by atoms with E-state index < -0.39 is 14.9 Å². The molecule has 38 heavy (non-hydrogen) atoms. The average molecular weight is 542 g/mol. The average Bonchev–Trinajstić information content (AvgIpc) is 3.37. The van der Waals surface area contributed by atoms with Crippen LogP contribution in [-0.2, 0) is 23.0 Å². The van der Waals surface area contributed by atoms with E-state index in [0.717, 1.165) is 29.2 Å². The molecule has 2 aromatic carbocycles. The van der Waals surface area contributed by atoms with Crippen LogP contribution in [0.2, 0.25) is 0 Å². The van der Waals surface area contributed by atoms with Crippen molar-refractivity contribution in [3.05, 3.63) is 70.0 Å². The highest BCUT2D eigenvalue weighted by molar-refractivity contribution is 7.89. The smallest absolute Gasteiger partial charge is 0.353 e. The van der Waals surface area contributed by atoms with Crippen molar-refractivity contribution in [1.82, 2.24) is 14.9 Å². The summed E-state index contributed by atoms with van der Waals surface area (Å²) in [6.45, 7) is 3.92. The minimum atomic E-state index is -3.76. The number of rotatable bonds is 9. The molecule has 2 aliphatic heterocycles. The summed E-state index contributed by atoms with van der Waals surface area (Å²) in [7, 11) is -3.76. The summed E-state index contributed by atoms with van der Waals surface area (Å²) in [5.41, 5.74) is 1.79. The molecule has 3 heterocycles. The van der Waals surface area contributed by atoms with Gasteiger partial charge >= 0.3 is 5.69 Å². The van der Waals surface area contributed by atoms with E-state index in [9.17, 15) is 18.5 Å². The second-order valence-corrected chi connectivity index (χ2v) is 10.5. The van der Waals surface area contributed by atoms with E-state index in [4.69, 9.17) is 14.6 Å². The van der Waals surface area contributed by atoms with E-state index >= 15 is 0 Å². The van der Waals surface area contributed by atoms with Gasteiger partial charge in [-0.15, -0.1) is 0 Å². The first-order valence-electron chi connectivity index (χ1n) is 12.0. The van der Waals surface area contributed by atoms with E-state index in [0.29, 0.717) is 39.1 Å². The van der Waals surface area contributed by atoms with E-state index in [-0.39, 0.29) is 29.0 Å². The van der Waals surface area contributed by atoms with Gasteiger partial charge in [-0.3, -0.25) is 15.0 Å². The van der Waals surface area contributed by atoms with Gasteiger partial charge in [0.2, 0.25) is 28.5 Å². The highest BCUT2D eigenvalue weighted by Gasteiger charge is 2.29. The highest BCUT2D eigenvalue weighted by Crippen LogP contribution is 2.34. The van der Waals surface area contributed by atoms with Crippen LogP contribution in [0.5, 0.6) is 11.5 Å². The first-order chi connectivity index (χ1) is 18.3. The minimum absolute atomic E-state index is 0.0290. The summed E-state index contributed by atoms with van der Waals surface area (Å²) in [6.07, 6.45) is 1.82. The van der Waals surface area contributed by atoms with Gasteiger partial charge in [0, 0.05) is 39.3 Å². The summed E-state index contributed by atoms with van der Waals surface area (Å²) < 4.78 is 33.7. The number of nitrogens with one attached hydrogen (secondary N) is 1. The number of nitrogens with two attached hydrogens (primary N) is 1. The molecule has 0 radical (unpaired) electrons. The Morgan fingerprint density at radius 1 is 1.00 bits per heavy atom. The monoisotopic (exact) mass is 541 g/mol. The molecule has 0 aliphatic carbocycles. The first-order valence-corrected chi connectivity index (χ1v) is 13.5. The Morgan fingerprint density at radius 3 is 2.42 bits per heavy atom. The lowest BCUT2D eigenvalue weighted by molar-refractivity contribution is -0.383. The van der Waals surface area contributed by atoms with Gasteiger partial charge in [-0.1, -0.05) is 18.2 Å². The maximum Gasteiger partial charge on any atom is 0.353 e. The number of ether oxygens (including phenoxy) is 2. The molecule has 5 rings (SSSR count). The summed E-state index contributed by atoms with van der Waals surface area (Å²) in [6, 6.07) is 12.1. The fraction of sp³-hybridized carbons (Fsp3) is 0.333. The lowest BCUT2D eigenvalue weighted by Gasteiger charge is -2.35. The fourth-order valence-corrected chi connectivity index (χ4v) is 5.00. The minimum Gasteiger partial charge on any atom is -0.454 e. The fourth-order valence-electron chi connectivity index (χ4n) is 4.48. The second kappa shape index (κ2) is 10.8. The molecule has 0 amide bonds. The number of aromatic nitrogens is 2. The van der Waals surface area contributed by atoms with Crippen molar-refractivity contribution in [3.63, 3.8) is 0 Å². The largest absolute Gasteiger partial charge is 0.454 e. The standard InChI is InChI=1S/C24H27N7O6S/c25-38(34,35)19-4-1-17(2-5-19)7-8-26-23-22(31(32)33)24(28-15-27-23)30-11-9-29(10-12-30)14-18-3-6-20-21(13-18)37-16-36-20/h1-6,13,15H,7-12,14,16H2,(H2,25,34,35)(H,26,27,28). The number of nitrogens with zero attached hydrogens (tertiary/aromatic N) is 5. The molecule has 0 spiro atoms. The Labute approximate surface area is 219 Å². The van der Waals surface area contributed by atoms with Crippen LogP contribution in [0.4, 0.5) is 17.3 Å². The molecule has 3 N–H and O–H groups in total. The molecule has 1 aromatic heterocycles. The van der Waals surface area contributed by atoms with Gasteiger partial charge in [-0.2, -0.15) is 0 Å². The van der Waals surface area contributed by atoms with Crippen molar-refractivity contribution in [2.24, 2.45) is 5.14 Å². The lowest BCUT2D eigenvalue weighted by Crippen LogP contribution is -2.46. The Balaban J connectivity index is 1.20. The third-order valence-corrected chi connectivity index (χ3v) is 7.39. The molecule has 0 saturated carbocycles. The van der Waals surface area contributed by atoms with Crippen LogP contribution >= 0.6 is 0 Å². The van der Waals surface area contributed by atoms with Crippen molar-refractivity contribution >= 4 is 27.3 Å². The number of benzene rings is 2. The maximum absolute atomic E-state index is 12.0. The third kappa shape index (κ3) is 5.77. The molecule has 1 fully saturated rings. The van der Waals surface area contributed by atoms with Gasteiger partial charge in [0.15, 0.2) is 11.5 Å². The number of sulfonamides is 1. The summed E-state index contributed by atoms with van der Waals surface area (Å²) >= 11 is 0. The Morgan fingerprint density at radius 2 is 1.71 bits per heavy atom. The quantitative estimate of drug-likeness (QED) is 0.299. The predicted molar refractivity (Wildman–Crippen MR) is 139 cm³/mol. The summed E-state index contributed by atoms with van der Waals surface area (Å²) in [5, 5.41) is 20.2. The van der Waals surface area contributed by atoms with Gasteiger partial charge < -0.3 is 19.7 Å². The van der Waals surface area contributed by atoms with Gasteiger partial charge in [-0.05, 0) is 41.8 Å². The Bertz CT molecular complexity index is 1430. The Kier molecular flexibility index (Phi) is 7.26. The SMILES string of the molecule is NS(=O)(=O)c1ccc(CCNc2ncnc(N3CCN(Cc4ccc5c(c4)OCO5)CC3)c2[N+](=O)[O-])cc1. The maximum atomic E-state index is 12.0. The molecule has 2 aliphatic rings. The third-order valence-electron chi connectivity index (χ3n) is 6.46. The van der Waals surface area contributed by atoms with E-state index in [2.05, 4.69) is 20.2 Å². The molecular weight excluding hydrogens is 514 g/mol. The number of nitro groups is 1. The highest BCUT2D eigenvalue weighted by atomic mass is 32.2. The van der Waals surface area contributed by atoms with Crippen molar-refractivity contribution in [1.29, 1.82) is 0 Å². The van der Waals surface area contributed by atoms with Gasteiger partial charge in [0.05, 0.1) is 9.82 Å². The van der Waals surface area contributed by atoms with Crippen LogP contribution in [0.25, 0.3) is 0 Å². The molecule has 0 bridgehead atoms. The summed E-state index contributed by atoms with van der Waals surface area (Å²) in [4.78, 5) is 24.1. The number of hydrogen-bond acceptors (Lipinski definition) is 11. The van der Waals surface area contributed by atoms with Crippen LogP contribution < -0.4 is 24.8 Å². The number of hydrogen-bond donors (Lipinski definition) is 2. The van der Waals surface area contributed by atoms with Gasteiger partial charge in [0.1, 0.15) is 6.33 Å². The molecule has 0 atom stereocenters. The van der Waals surface area contributed by atoms with Gasteiger partial charge in [0.25, 0.3) is 0 Å². The van der Waals surface area contributed by atoms with Crippen LogP contribution in [0.15, 0.2) is 53.7 Å². The van der Waals surface area contributed by atoms with Crippen LogP contribution in [0.1, 0.15) is 11.1 Å². The molecule has 0 unspecified atom stereocenters. The normalized spacial score (nSPS) is 15.4. The molecular formula is C24H27N7O6S. The zero-order valence-corrected chi connectivity index (χ0v) is 21.3.